The molecule has 0 radical (unpaired) electrons. The lowest BCUT2D eigenvalue weighted by Crippen LogP contribution is -2.41. The van der Waals surface area contributed by atoms with E-state index in [4.69, 9.17) is 13.7 Å². The largest absolute Gasteiger partial charge is 0.494 e. The maximum atomic E-state index is 6.34. The van der Waals surface area contributed by atoms with Crippen LogP contribution in [0.4, 0.5) is 0 Å². The Labute approximate surface area is 188 Å². The van der Waals surface area contributed by atoms with Crippen molar-refractivity contribution in [3.05, 3.63) is 78.9 Å². The molecule has 0 N–H and O–H groups in total. The molecule has 1 fully saturated rings. The van der Waals surface area contributed by atoms with Crippen molar-refractivity contribution in [1.82, 2.24) is 0 Å². The molecule has 4 heteroatoms. The average molecular weight is 420 g/mol. The SMILES string of the molecule is CC1(C)OB(c2ccc(-c3cccc4oc5c6ccccc6ccc5c34)cc2)OC1(C)C. The molecule has 0 spiro atoms. The fourth-order valence-electron chi connectivity index (χ4n) is 4.59. The standard InChI is InChI=1S/C28H25BO3/c1-27(2)28(3,4)32-29(31-27)20-15-12-19(13-16-20)21-10-7-11-24-25(21)23-17-14-18-8-5-6-9-22(18)26(23)30-24/h5-17H,1-4H3. The molecule has 0 bridgehead atoms. The molecule has 32 heavy (non-hydrogen) atoms. The van der Waals surface area contributed by atoms with Crippen LogP contribution in [-0.2, 0) is 9.31 Å². The van der Waals surface area contributed by atoms with Crippen molar-refractivity contribution in [3.63, 3.8) is 0 Å². The number of hydrogen-bond acceptors (Lipinski definition) is 3. The molecule has 158 valence electrons. The Morgan fingerprint density at radius 2 is 1.38 bits per heavy atom. The minimum absolute atomic E-state index is 0.347. The highest BCUT2D eigenvalue weighted by atomic mass is 16.7. The van der Waals surface area contributed by atoms with Gasteiger partial charge < -0.3 is 13.7 Å². The van der Waals surface area contributed by atoms with E-state index in [2.05, 4.69) is 100 Å². The number of benzene rings is 4. The van der Waals surface area contributed by atoms with Crippen LogP contribution in [-0.4, -0.2) is 18.3 Å². The summed E-state index contributed by atoms with van der Waals surface area (Å²) in [5, 5.41) is 4.62. The predicted molar refractivity (Wildman–Crippen MR) is 132 cm³/mol. The minimum atomic E-state index is -0.356. The molecule has 2 heterocycles. The van der Waals surface area contributed by atoms with Gasteiger partial charge in [0.15, 0.2) is 0 Å². The molecule has 0 unspecified atom stereocenters. The third-order valence-electron chi connectivity index (χ3n) is 7.13. The van der Waals surface area contributed by atoms with Gasteiger partial charge in [-0.1, -0.05) is 66.7 Å². The Kier molecular flexibility index (Phi) is 4.11. The third kappa shape index (κ3) is 2.83. The molecule has 1 aromatic heterocycles. The Morgan fingerprint density at radius 3 is 2.12 bits per heavy atom. The van der Waals surface area contributed by atoms with Crippen LogP contribution >= 0.6 is 0 Å². The lowest BCUT2D eigenvalue weighted by atomic mass is 9.78. The zero-order chi connectivity index (χ0) is 22.1. The Hall–Kier alpha value is -3.08. The lowest BCUT2D eigenvalue weighted by molar-refractivity contribution is 0.00578. The number of furan rings is 1. The Balaban J connectivity index is 1.45. The maximum Gasteiger partial charge on any atom is 0.494 e. The molecule has 1 saturated heterocycles. The van der Waals surface area contributed by atoms with Crippen LogP contribution < -0.4 is 5.46 Å². The number of hydrogen-bond donors (Lipinski definition) is 0. The van der Waals surface area contributed by atoms with E-state index in [1.165, 1.54) is 5.39 Å². The molecule has 1 aliphatic heterocycles. The van der Waals surface area contributed by atoms with Crippen LogP contribution in [0.1, 0.15) is 27.7 Å². The fourth-order valence-corrected chi connectivity index (χ4v) is 4.59. The highest BCUT2D eigenvalue weighted by Crippen LogP contribution is 2.40. The summed E-state index contributed by atoms with van der Waals surface area (Å²) in [7, 11) is -0.356. The van der Waals surface area contributed by atoms with Crippen LogP contribution in [0.25, 0.3) is 43.8 Å². The van der Waals surface area contributed by atoms with Crippen molar-refractivity contribution in [2.75, 3.05) is 0 Å². The van der Waals surface area contributed by atoms with Crippen molar-refractivity contribution in [2.45, 2.75) is 38.9 Å². The average Bonchev–Trinajstić information content (AvgIpc) is 3.27. The van der Waals surface area contributed by atoms with Gasteiger partial charge in [0, 0.05) is 16.2 Å². The Morgan fingerprint density at radius 1 is 0.656 bits per heavy atom. The molecule has 6 rings (SSSR count). The summed E-state index contributed by atoms with van der Waals surface area (Å²) in [5.41, 5.74) is 4.50. The zero-order valence-corrected chi connectivity index (χ0v) is 18.8. The molecule has 3 nitrogen and oxygen atoms in total. The second kappa shape index (κ2) is 6.71. The molecular weight excluding hydrogens is 395 g/mol. The first-order valence-corrected chi connectivity index (χ1v) is 11.1. The van der Waals surface area contributed by atoms with Gasteiger partial charge >= 0.3 is 7.12 Å². The maximum absolute atomic E-state index is 6.34. The minimum Gasteiger partial charge on any atom is -0.455 e. The van der Waals surface area contributed by atoms with E-state index in [1.807, 2.05) is 6.07 Å². The molecule has 0 saturated carbocycles. The van der Waals surface area contributed by atoms with Gasteiger partial charge in [0.25, 0.3) is 0 Å². The third-order valence-corrected chi connectivity index (χ3v) is 7.13. The van der Waals surface area contributed by atoms with E-state index < -0.39 is 0 Å². The quantitative estimate of drug-likeness (QED) is 0.298. The van der Waals surface area contributed by atoms with Gasteiger partial charge in [0.05, 0.1) is 11.2 Å². The van der Waals surface area contributed by atoms with Crippen LogP contribution in [0.2, 0.25) is 0 Å². The molecule has 0 amide bonds. The number of fused-ring (bicyclic) bond motifs is 5. The molecule has 1 aliphatic rings. The summed E-state index contributed by atoms with van der Waals surface area (Å²) in [6.07, 6.45) is 0. The Bertz CT molecular complexity index is 1460. The molecule has 5 aromatic rings. The van der Waals surface area contributed by atoms with Crippen molar-refractivity contribution >= 4 is 45.3 Å². The van der Waals surface area contributed by atoms with Gasteiger partial charge in [-0.05, 0) is 61.8 Å². The monoisotopic (exact) mass is 420 g/mol. The summed E-state index contributed by atoms with van der Waals surface area (Å²) >= 11 is 0. The summed E-state index contributed by atoms with van der Waals surface area (Å²) in [6, 6.07) is 27.5. The predicted octanol–water partition coefficient (Wildman–Crippen LogP) is 6.71. The first-order valence-electron chi connectivity index (χ1n) is 11.1. The van der Waals surface area contributed by atoms with Crippen molar-refractivity contribution in [1.29, 1.82) is 0 Å². The highest BCUT2D eigenvalue weighted by molar-refractivity contribution is 6.62. The van der Waals surface area contributed by atoms with Crippen molar-refractivity contribution in [2.24, 2.45) is 0 Å². The smallest absolute Gasteiger partial charge is 0.455 e. The summed E-state index contributed by atoms with van der Waals surface area (Å²) in [4.78, 5) is 0. The first kappa shape index (κ1) is 19.6. The van der Waals surface area contributed by atoms with Gasteiger partial charge in [-0.3, -0.25) is 0 Å². The lowest BCUT2D eigenvalue weighted by Gasteiger charge is -2.32. The second-order valence-corrected chi connectivity index (χ2v) is 9.65. The van der Waals surface area contributed by atoms with Gasteiger partial charge in [-0.25, -0.2) is 0 Å². The molecule has 0 aliphatic carbocycles. The topological polar surface area (TPSA) is 31.6 Å². The van der Waals surface area contributed by atoms with Gasteiger partial charge in [-0.15, -0.1) is 0 Å². The normalized spacial score (nSPS) is 17.6. The van der Waals surface area contributed by atoms with Crippen molar-refractivity contribution in [3.8, 4) is 11.1 Å². The van der Waals surface area contributed by atoms with E-state index in [9.17, 15) is 0 Å². The van der Waals surface area contributed by atoms with Gasteiger partial charge in [0.2, 0.25) is 0 Å². The van der Waals surface area contributed by atoms with Crippen LogP contribution in [0.5, 0.6) is 0 Å². The van der Waals surface area contributed by atoms with E-state index in [0.717, 1.165) is 43.9 Å². The molecular formula is C28H25BO3. The summed E-state index contributed by atoms with van der Waals surface area (Å²) < 4.78 is 18.8. The summed E-state index contributed by atoms with van der Waals surface area (Å²) in [5.74, 6) is 0. The van der Waals surface area contributed by atoms with Gasteiger partial charge in [-0.2, -0.15) is 0 Å². The fraction of sp³-hybridized carbons (Fsp3) is 0.214. The van der Waals surface area contributed by atoms with Crippen LogP contribution in [0.3, 0.4) is 0 Å². The second-order valence-electron chi connectivity index (χ2n) is 9.65. The summed E-state index contributed by atoms with van der Waals surface area (Å²) in [6.45, 7) is 8.32. The molecule has 4 aromatic carbocycles. The van der Waals surface area contributed by atoms with Crippen molar-refractivity contribution < 1.29 is 13.7 Å². The number of rotatable bonds is 2. The van der Waals surface area contributed by atoms with Gasteiger partial charge in [0.1, 0.15) is 11.2 Å². The zero-order valence-electron chi connectivity index (χ0n) is 18.8. The van der Waals surface area contributed by atoms with E-state index in [0.29, 0.717) is 0 Å². The highest BCUT2D eigenvalue weighted by Gasteiger charge is 2.51. The van der Waals surface area contributed by atoms with E-state index in [-0.39, 0.29) is 18.3 Å². The van der Waals surface area contributed by atoms with E-state index in [1.54, 1.807) is 0 Å². The van der Waals surface area contributed by atoms with Crippen LogP contribution in [0.15, 0.2) is 83.3 Å². The first-order chi connectivity index (χ1) is 15.3. The van der Waals surface area contributed by atoms with Crippen LogP contribution in [0, 0.1) is 0 Å². The van der Waals surface area contributed by atoms with E-state index >= 15 is 0 Å². The molecule has 0 atom stereocenters.